The Hall–Kier alpha value is -3.46. The standard InChI is InChI=1S/C27H31FN4O4/c1-26(2,36)15-29-23(33)24(34)31-22-12-27(10-18(22)11-27)19-4-7-21(8-5-19)30-25(35)32-13-16-3-6-20(28)9-17(16)14-32/h3-9,18,22,36H,10-15H2,1-2H3,(H,29,33)(H,30,35)(H,31,34)/t18?,22-,27?/m0/s1. The zero-order chi connectivity index (χ0) is 25.7. The number of anilines is 1. The predicted octanol–water partition coefficient (Wildman–Crippen LogP) is 2.80. The smallest absolute Gasteiger partial charge is 0.322 e. The first-order chi connectivity index (χ1) is 17.0. The van der Waals surface area contributed by atoms with E-state index in [1.165, 1.54) is 12.1 Å². The Balaban J connectivity index is 1.14. The minimum Gasteiger partial charge on any atom is -0.389 e. The number of urea groups is 1. The molecule has 0 aromatic heterocycles. The maximum atomic E-state index is 13.5. The molecular weight excluding hydrogens is 463 g/mol. The summed E-state index contributed by atoms with van der Waals surface area (Å²) in [7, 11) is 0. The summed E-state index contributed by atoms with van der Waals surface area (Å²) in [6, 6.07) is 12.1. The van der Waals surface area contributed by atoms with Crippen molar-refractivity contribution in [3.63, 3.8) is 0 Å². The fourth-order valence-electron chi connectivity index (χ4n) is 5.73. The van der Waals surface area contributed by atoms with Gasteiger partial charge in [0.25, 0.3) is 0 Å². The van der Waals surface area contributed by atoms with E-state index < -0.39 is 17.4 Å². The molecule has 2 bridgehead atoms. The van der Waals surface area contributed by atoms with Crippen LogP contribution in [0.4, 0.5) is 14.9 Å². The van der Waals surface area contributed by atoms with Gasteiger partial charge >= 0.3 is 17.8 Å². The molecule has 190 valence electrons. The molecule has 1 aliphatic heterocycles. The molecule has 2 aromatic rings. The van der Waals surface area contributed by atoms with E-state index in [-0.39, 0.29) is 29.8 Å². The van der Waals surface area contributed by atoms with Crippen LogP contribution >= 0.6 is 0 Å². The average Bonchev–Trinajstić information content (AvgIpc) is 3.48. The Bertz CT molecular complexity index is 1200. The van der Waals surface area contributed by atoms with Crippen molar-refractivity contribution < 1.29 is 23.9 Å². The van der Waals surface area contributed by atoms with Crippen LogP contribution in [-0.4, -0.2) is 46.0 Å². The Morgan fingerprint density at radius 1 is 1.03 bits per heavy atom. The number of aliphatic hydroxyl groups is 1. The van der Waals surface area contributed by atoms with Crippen LogP contribution < -0.4 is 16.0 Å². The number of rotatable bonds is 5. The minimum atomic E-state index is -1.08. The first-order valence-corrected chi connectivity index (χ1v) is 12.3. The van der Waals surface area contributed by atoms with Crippen molar-refractivity contribution in [2.45, 2.75) is 63.3 Å². The van der Waals surface area contributed by atoms with Crippen LogP contribution in [0.25, 0.3) is 0 Å². The van der Waals surface area contributed by atoms with Crippen LogP contribution in [0, 0.1) is 11.7 Å². The van der Waals surface area contributed by atoms with Crippen LogP contribution in [0.3, 0.4) is 0 Å². The number of nitrogens with one attached hydrogen (secondary N) is 3. The molecule has 6 rings (SSSR count). The van der Waals surface area contributed by atoms with E-state index in [4.69, 9.17) is 0 Å². The Labute approximate surface area is 209 Å². The van der Waals surface area contributed by atoms with E-state index in [2.05, 4.69) is 16.0 Å². The zero-order valence-electron chi connectivity index (χ0n) is 20.4. The zero-order valence-corrected chi connectivity index (χ0v) is 20.4. The fraction of sp³-hybridized carbons (Fsp3) is 0.444. The highest BCUT2D eigenvalue weighted by atomic mass is 19.1. The van der Waals surface area contributed by atoms with Gasteiger partial charge in [-0.05, 0) is 85.4 Å². The van der Waals surface area contributed by atoms with Gasteiger partial charge in [0, 0.05) is 31.4 Å². The quantitative estimate of drug-likeness (QED) is 0.479. The van der Waals surface area contributed by atoms with Crippen molar-refractivity contribution in [1.82, 2.24) is 15.5 Å². The summed E-state index contributed by atoms with van der Waals surface area (Å²) >= 11 is 0. The molecular formula is C27H31FN4O4. The van der Waals surface area contributed by atoms with E-state index in [9.17, 15) is 23.9 Å². The van der Waals surface area contributed by atoms with Crippen molar-refractivity contribution in [3.8, 4) is 0 Å². The molecule has 1 heterocycles. The number of hydrogen-bond acceptors (Lipinski definition) is 4. The van der Waals surface area contributed by atoms with Gasteiger partial charge in [0.1, 0.15) is 5.82 Å². The first-order valence-electron chi connectivity index (χ1n) is 12.3. The SMILES string of the molecule is CC(C)(O)CNC(=O)C(=O)N[C@H]1CC2(c3ccc(NC(=O)N4Cc5ccc(F)cc5C4)cc3)CC1C2. The average molecular weight is 495 g/mol. The molecule has 4 aliphatic rings. The van der Waals surface area contributed by atoms with Gasteiger partial charge in [-0.1, -0.05) is 18.2 Å². The predicted molar refractivity (Wildman–Crippen MR) is 131 cm³/mol. The summed E-state index contributed by atoms with van der Waals surface area (Å²) in [4.78, 5) is 38.7. The van der Waals surface area contributed by atoms with Crippen LogP contribution in [0.5, 0.6) is 0 Å². The highest BCUT2D eigenvalue weighted by molar-refractivity contribution is 6.35. The molecule has 3 aliphatic carbocycles. The number of hydrogen-bond donors (Lipinski definition) is 4. The van der Waals surface area contributed by atoms with Gasteiger partial charge in [0.2, 0.25) is 0 Å². The normalized spacial score (nSPS) is 24.1. The number of benzene rings is 2. The second-order valence-corrected chi connectivity index (χ2v) is 11.0. The first kappa shape index (κ1) is 24.2. The number of amides is 4. The summed E-state index contributed by atoms with van der Waals surface area (Å²) in [6.45, 7) is 3.96. The third kappa shape index (κ3) is 4.80. The number of halogens is 1. The molecule has 4 N–H and O–H groups in total. The van der Waals surface area contributed by atoms with Crippen LogP contribution in [0.15, 0.2) is 42.5 Å². The largest absolute Gasteiger partial charge is 0.389 e. The maximum Gasteiger partial charge on any atom is 0.322 e. The molecule has 2 aromatic carbocycles. The van der Waals surface area contributed by atoms with Gasteiger partial charge < -0.3 is 26.0 Å². The van der Waals surface area contributed by atoms with E-state index in [0.717, 1.165) is 36.0 Å². The molecule has 0 radical (unpaired) electrons. The van der Waals surface area contributed by atoms with Gasteiger partial charge in [0.15, 0.2) is 0 Å². The Morgan fingerprint density at radius 3 is 2.42 bits per heavy atom. The summed E-state index contributed by atoms with van der Waals surface area (Å²) in [5.74, 6) is -1.37. The molecule has 4 amide bonds. The van der Waals surface area contributed by atoms with Crippen molar-refractivity contribution in [3.05, 3.63) is 65.0 Å². The van der Waals surface area contributed by atoms with Gasteiger partial charge in [0.05, 0.1) is 5.60 Å². The Morgan fingerprint density at radius 2 is 1.72 bits per heavy atom. The second kappa shape index (κ2) is 8.89. The molecule has 3 saturated carbocycles. The number of nitrogens with zero attached hydrogens (tertiary/aromatic N) is 1. The molecule has 1 atom stereocenters. The summed E-state index contributed by atoms with van der Waals surface area (Å²) in [5, 5.41) is 18.0. The Kier molecular flexibility index (Phi) is 5.98. The third-order valence-corrected chi connectivity index (χ3v) is 7.62. The lowest BCUT2D eigenvalue weighted by Gasteiger charge is -2.39. The molecule has 9 heteroatoms. The van der Waals surface area contributed by atoms with E-state index in [1.807, 2.05) is 24.3 Å². The monoisotopic (exact) mass is 494 g/mol. The van der Waals surface area contributed by atoms with Crippen molar-refractivity contribution >= 4 is 23.5 Å². The molecule has 36 heavy (non-hydrogen) atoms. The summed E-state index contributed by atoms with van der Waals surface area (Å²) in [6.07, 6.45) is 2.64. The molecule has 8 nitrogen and oxygen atoms in total. The highest BCUT2D eigenvalue weighted by Gasteiger charge is 2.57. The van der Waals surface area contributed by atoms with Crippen LogP contribution in [-0.2, 0) is 28.1 Å². The van der Waals surface area contributed by atoms with E-state index in [0.29, 0.717) is 24.7 Å². The lowest BCUT2D eigenvalue weighted by molar-refractivity contribution is -0.140. The minimum absolute atomic E-state index is 0.00339. The van der Waals surface area contributed by atoms with Gasteiger partial charge in [-0.3, -0.25) is 9.59 Å². The lowest BCUT2D eigenvalue weighted by Crippen LogP contribution is -2.48. The fourth-order valence-corrected chi connectivity index (χ4v) is 5.73. The van der Waals surface area contributed by atoms with Crippen molar-refractivity contribution in [2.75, 3.05) is 11.9 Å². The van der Waals surface area contributed by atoms with Crippen LogP contribution in [0.2, 0.25) is 0 Å². The summed E-state index contributed by atoms with van der Waals surface area (Å²) in [5.41, 5.74) is 2.51. The van der Waals surface area contributed by atoms with Crippen LogP contribution in [0.1, 0.15) is 49.8 Å². The maximum absolute atomic E-state index is 13.5. The topological polar surface area (TPSA) is 111 Å². The molecule has 0 unspecified atom stereocenters. The van der Waals surface area contributed by atoms with Gasteiger partial charge in [-0.15, -0.1) is 0 Å². The lowest BCUT2D eigenvalue weighted by atomic mass is 9.65. The molecule has 3 fully saturated rings. The van der Waals surface area contributed by atoms with Gasteiger partial charge in [-0.25, -0.2) is 9.18 Å². The second-order valence-electron chi connectivity index (χ2n) is 11.0. The number of fused-ring (bicyclic) bond motifs is 2. The van der Waals surface area contributed by atoms with Gasteiger partial charge in [-0.2, -0.15) is 0 Å². The van der Waals surface area contributed by atoms with Crippen molar-refractivity contribution in [2.24, 2.45) is 5.92 Å². The summed E-state index contributed by atoms with van der Waals surface area (Å²) < 4.78 is 13.5. The van der Waals surface area contributed by atoms with E-state index >= 15 is 0 Å². The molecule has 0 spiro atoms. The molecule has 0 saturated heterocycles. The number of carbonyl (C=O) groups is 3. The third-order valence-electron chi connectivity index (χ3n) is 7.62. The highest BCUT2D eigenvalue weighted by Crippen LogP contribution is 2.59. The van der Waals surface area contributed by atoms with Crippen molar-refractivity contribution in [1.29, 1.82) is 0 Å². The van der Waals surface area contributed by atoms with E-state index in [1.54, 1.807) is 24.8 Å². The number of carbonyl (C=O) groups excluding carboxylic acids is 3.